The van der Waals surface area contributed by atoms with E-state index in [0.717, 1.165) is 33.4 Å². The molecule has 212 valence electrons. The molecule has 0 spiro atoms. The third kappa shape index (κ3) is 5.96. The van der Waals surface area contributed by atoms with E-state index < -0.39 is 10.0 Å². The van der Waals surface area contributed by atoms with Crippen LogP contribution >= 0.6 is 0 Å². The summed E-state index contributed by atoms with van der Waals surface area (Å²) in [6, 6.07) is 28.3. The van der Waals surface area contributed by atoms with E-state index in [4.69, 9.17) is 9.84 Å². The molecule has 4 aromatic carbocycles. The molecule has 1 aliphatic heterocycles. The van der Waals surface area contributed by atoms with E-state index in [0.29, 0.717) is 25.2 Å². The molecule has 1 atom stereocenters. The van der Waals surface area contributed by atoms with Crippen LogP contribution in [0.1, 0.15) is 37.4 Å². The quantitative estimate of drug-likeness (QED) is 0.265. The molecule has 0 aromatic heterocycles. The van der Waals surface area contributed by atoms with E-state index >= 15 is 0 Å². The summed E-state index contributed by atoms with van der Waals surface area (Å²) in [6.07, 6.45) is 0.578. The van der Waals surface area contributed by atoms with Gasteiger partial charge in [-0.3, -0.25) is 4.79 Å². The first kappa shape index (κ1) is 28.3. The first-order valence-electron chi connectivity index (χ1n) is 13.7. The van der Waals surface area contributed by atoms with Crippen LogP contribution in [0.2, 0.25) is 0 Å². The Morgan fingerprint density at radius 2 is 1.63 bits per heavy atom. The first-order valence-corrected chi connectivity index (χ1v) is 15.1. The zero-order valence-corrected chi connectivity index (χ0v) is 24.3. The number of fused-ring (bicyclic) bond motifs is 1. The molecular weight excluding hydrogens is 536 g/mol. The number of methoxy groups -OCH3 is 1. The van der Waals surface area contributed by atoms with Gasteiger partial charge in [-0.1, -0.05) is 62.4 Å². The zero-order valence-electron chi connectivity index (χ0n) is 23.4. The number of ether oxygens (including phenoxy) is 1. The average molecular weight is 571 g/mol. The number of nitrogens with zero attached hydrogens (tertiary/aromatic N) is 3. The van der Waals surface area contributed by atoms with Crippen molar-refractivity contribution < 1.29 is 17.9 Å². The molecule has 8 nitrogen and oxygen atoms in total. The molecule has 1 heterocycles. The van der Waals surface area contributed by atoms with E-state index in [1.54, 1.807) is 36.4 Å². The van der Waals surface area contributed by atoms with Crippen LogP contribution in [0.4, 0.5) is 5.69 Å². The number of rotatable bonds is 10. The highest BCUT2D eigenvalue weighted by Gasteiger charge is 2.33. The van der Waals surface area contributed by atoms with Crippen LogP contribution in [0, 0.1) is 0 Å². The van der Waals surface area contributed by atoms with Crippen molar-refractivity contribution in [3.8, 4) is 5.75 Å². The van der Waals surface area contributed by atoms with Gasteiger partial charge in [0.2, 0.25) is 10.0 Å². The standard InChI is InChI=1S/C32H34N4O4S/c1-4-35(5-2)41(38,39)29-18-14-27(15-19-29)33-22-32(37)36-31(24-12-16-28(40-3)17-13-24)21-30(34-36)26-11-10-23-8-6-7-9-25(23)20-26/h6-20,31,33H,4-5,21-22H2,1-3H3/t31-/m0/s1. The second-order valence-electron chi connectivity index (χ2n) is 9.81. The molecule has 0 saturated heterocycles. The average Bonchev–Trinajstić information content (AvgIpc) is 3.46. The Labute approximate surface area is 241 Å². The predicted molar refractivity (Wildman–Crippen MR) is 163 cm³/mol. The van der Waals surface area contributed by atoms with Crippen LogP contribution in [0.3, 0.4) is 0 Å². The SMILES string of the molecule is CCN(CC)S(=O)(=O)c1ccc(NCC(=O)N2N=C(c3ccc4ccccc4c3)C[C@H]2c2ccc(OC)cc2)cc1. The van der Waals surface area contributed by atoms with Crippen molar-refractivity contribution >= 4 is 38.1 Å². The second-order valence-corrected chi connectivity index (χ2v) is 11.7. The molecule has 5 rings (SSSR count). The topological polar surface area (TPSA) is 91.3 Å². The predicted octanol–water partition coefficient (Wildman–Crippen LogP) is 5.67. The maximum atomic E-state index is 13.5. The minimum atomic E-state index is -3.55. The summed E-state index contributed by atoms with van der Waals surface area (Å²) in [4.78, 5) is 13.8. The van der Waals surface area contributed by atoms with Gasteiger partial charge in [0, 0.05) is 25.2 Å². The van der Waals surface area contributed by atoms with Crippen LogP contribution < -0.4 is 10.1 Å². The fourth-order valence-electron chi connectivity index (χ4n) is 5.09. The lowest BCUT2D eigenvalue weighted by Gasteiger charge is -2.23. The number of benzene rings is 4. The lowest BCUT2D eigenvalue weighted by Crippen LogP contribution is -2.32. The Bertz CT molecular complexity index is 1660. The summed E-state index contributed by atoms with van der Waals surface area (Å²) < 4.78 is 32.3. The molecule has 1 N–H and O–H groups in total. The van der Waals surface area contributed by atoms with Crippen molar-refractivity contribution in [2.75, 3.05) is 32.1 Å². The fraction of sp³-hybridized carbons (Fsp3) is 0.250. The first-order chi connectivity index (χ1) is 19.8. The van der Waals surface area contributed by atoms with E-state index in [9.17, 15) is 13.2 Å². The monoisotopic (exact) mass is 570 g/mol. The lowest BCUT2D eigenvalue weighted by molar-refractivity contribution is -0.131. The van der Waals surface area contributed by atoms with Crippen LogP contribution in [-0.2, 0) is 14.8 Å². The van der Waals surface area contributed by atoms with E-state index in [2.05, 4.69) is 29.6 Å². The molecule has 0 aliphatic carbocycles. The normalized spacial score (nSPS) is 15.3. The van der Waals surface area contributed by atoms with Crippen LogP contribution in [0.15, 0.2) is 101 Å². The van der Waals surface area contributed by atoms with Crippen molar-refractivity contribution in [3.63, 3.8) is 0 Å². The summed E-state index contributed by atoms with van der Waals surface area (Å²) >= 11 is 0. The third-order valence-corrected chi connectivity index (χ3v) is 9.45. The number of hydrogen-bond acceptors (Lipinski definition) is 6. The van der Waals surface area contributed by atoms with E-state index in [1.165, 1.54) is 4.31 Å². The van der Waals surface area contributed by atoms with Gasteiger partial charge in [0.05, 0.1) is 30.3 Å². The van der Waals surface area contributed by atoms with Crippen molar-refractivity contribution in [2.45, 2.75) is 31.2 Å². The van der Waals surface area contributed by atoms with Gasteiger partial charge in [0.25, 0.3) is 5.91 Å². The number of amides is 1. The van der Waals surface area contributed by atoms with Crippen molar-refractivity contribution in [1.29, 1.82) is 0 Å². The van der Waals surface area contributed by atoms with E-state index in [1.807, 2.05) is 56.3 Å². The Kier molecular flexibility index (Phi) is 8.37. The molecule has 1 amide bonds. The summed E-state index contributed by atoms with van der Waals surface area (Å²) in [6.45, 7) is 4.44. The second kappa shape index (κ2) is 12.1. The van der Waals surface area contributed by atoms with Crippen LogP contribution in [0.25, 0.3) is 10.8 Å². The molecular formula is C32H34N4O4S. The number of hydrogen-bond donors (Lipinski definition) is 1. The maximum absolute atomic E-state index is 13.5. The zero-order chi connectivity index (χ0) is 29.0. The molecule has 1 aliphatic rings. The smallest absolute Gasteiger partial charge is 0.262 e. The Morgan fingerprint density at radius 3 is 2.29 bits per heavy atom. The molecule has 0 radical (unpaired) electrons. The number of anilines is 1. The van der Waals surface area contributed by atoms with E-state index in [-0.39, 0.29) is 23.4 Å². The summed E-state index contributed by atoms with van der Waals surface area (Å²) in [5.74, 6) is 0.551. The molecule has 41 heavy (non-hydrogen) atoms. The molecule has 0 fully saturated rings. The molecule has 0 bridgehead atoms. The molecule has 0 saturated carbocycles. The highest BCUT2D eigenvalue weighted by Crippen LogP contribution is 2.34. The molecule has 4 aromatic rings. The van der Waals surface area contributed by atoms with Gasteiger partial charge in [0.1, 0.15) is 5.75 Å². The fourth-order valence-corrected chi connectivity index (χ4v) is 6.54. The lowest BCUT2D eigenvalue weighted by atomic mass is 9.97. The maximum Gasteiger partial charge on any atom is 0.262 e. The van der Waals surface area contributed by atoms with Gasteiger partial charge in [-0.25, -0.2) is 13.4 Å². The Morgan fingerprint density at radius 1 is 0.951 bits per heavy atom. The largest absolute Gasteiger partial charge is 0.497 e. The van der Waals surface area contributed by atoms with Crippen molar-refractivity contribution in [3.05, 3.63) is 102 Å². The molecule has 9 heteroatoms. The molecule has 0 unspecified atom stereocenters. The van der Waals surface area contributed by atoms with Gasteiger partial charge in [-0.2, -0.15) is 9.41 Å². The van der Waals surface area contributed by atoms with Gasteiger partial charge >= 0.3 is 0 Å². The number of carbonyl (C=O) groups is 1. The number of hydrazone groups is 1. The van der Waals surface area contributed by atoms with Gasteiger partial charge in [-0.15, -0.1) is 0 Å². The van der Waals surface area contributed by atoms with Crippen molar-refractivity contribution in [1.82, 2.24) is 9.31 Å². The Hall–Kier alpha value is -4.21. The third-order valence-electron chi connectivity index (χ3n) is 7.39. The number of sulfonamides is 1. The highest BCUT2D eigenvalue weighted by atomic mass is 32.2. The van der Waals surface area contributed by atoms with Crippen LogP contribution in [0.5, 0.6) is 5.75 Å². The van der Waals surface area contributed by atoms with Gasteiger partial charge in [-0.05, 0) is 64.4 Å². The summed E-state index contributed by atoms with van der Waals surface area (Å²) in [5.41, 5.74) is 3.44. The minimum Gasteiger partial charge on any atom is -0.497 e. The van der Waals surface area contributed by atoms with Crippen molar-refractivity contribution in [2.24, 2.45) is 5.10 Å². The Balaban J connectivity index is 1.36. The van der Waals surface area contributed by atoms with Crippen LogP contribution in [-0.4, -0.2) is 56.1 Å². The minimum absolute atomic E-state index is 0.00327. The summed E-state index contributed by atoms with van der Waals surface area (Å²) in [5, 5.41) is 11.8. The highest BCUT2D eigenvalue weighted by molar-refractivity contribution is 7.89. The number of carbonyl (C=O) groups excluding carboxylic acids is 1. The van der Waals surface area contributed by atoms with Gasteiger partial charge in [0.15, 0.2) is 0 Å². The summed E-state index contributed by atoms with van der Waals surface area (Å²) in [7, 11) is -1.92. The number of nitrogens with one attached hydrogen (secondary N) is 1. The van der Waals surface area contributed by atoms with Gasteiger partial charge < -0.3 is 10.1 Å².